The minimum absolute atomic E-state index is 0.290. The third kappa shape index (κ3) is 3.50. The molecule has 32 heavy (non-hydrogen) atoms. The molecule has 1 aromatic heterocycles. The first-order valence-electron chi connectivity index (χ1n) is 10.5. The molecular formula is C25H24ClN3O3. The Bertz CT molecular complexity index is 1200. The normalized spacial score (nSPS) is 18.2. The second-order valence-corrected chi connectivity index (χ2v) is 8.40. The molecule has 0 saturated carbocycles. The third-order valence-electron chi connectivity index (χ3n) is 6.09. The predicted molar refractivity (Wildman–Crippen MR) is 123 cm³/mol. The van der Waals surface area contributed by atoms with Crippen LogP contribution < -0.4 is 5.32 Å². The lowest BCUT2D eigenvalue weighted by molar-refractivity contribution is -0.131. The Morgan fingerprint density at radius 3 is 2.31 bits per heavy atom. The fourth-order valence-electron chi connectivity index (χ4n) is 4.39. The number of aryl methyl sites for hydroxylation is 1. The molecule has 7 heteroatoms. The highest BCUT2D eigenvalue weighted by Crippen LogP contribution is 2.32. The Morgan fingerprint density at radius 1 is 1.03 bits per heavy atom. The van der Waals surface area contributed by atoms with Crippen molar-refractivity contribution in [1.29, 1.82) is 0 Å². The van der Waals surface area contributed by atoms with E-state index < -0.39 is 17.5 Å². The number of aromatic nitrogens is 1. The molecule has 0 spiro atoms. The van der Waals surface area contributed by atoms with Gasteiger partial charge in [0, 0.05) is 27.7 Å². The van der Waals surface area contributed by atoms with E-state index in [4.69, 9.17) is 11.6 Å². The summed E-state index contributed by atoms with van der Waals surface area (Å²) in [5.41, 5.74) is 2.53. The summed E-state index contributed by atoms with van der Waals surface area (Å²) in [5, 5.41) is 3.45. The summed E-state index contributed by atoms with van der Waals surface area (Å²) in [5.74, 6) is -0.696. The molecule has 1 atom stereocenters. The lowest BCUT2D eigenvalue weighted by Crippen LogP contribution is -2.43. The van der Waals surface area contributed by atoms with Crippen LogP contribution in [0.4, 0.5) is 4.79 Å². The maximum absolute atomic E-state index is 13.3. The Balaban J connectivity index is 1.62. The van der Waals surface area contributed by atoms with Gasteiger partial charge in [-0.3, -0.25) is 14.5 Å². The highest BCUT2D eigenvalue weighted by molar-refractivity contribution is 6.30. The van der Waals surface area contributed by atoms with Crippen molar-refractivity contribution in [2.45, 2.75) is 32.7 Å². The molecule has 1 aliphatic heterocycles. The molecular weight excluding hydrogens is 426 g/mol. The minimum atomic E-state index is -1.15. The summed E-state index contributed by atoms with van der Waals surface area (Å²) < 4.78 is 1.95. The molecule has 1 saturated heterocycles. The molecule has 3 amide bonds. The van der Waals surface area contributed by atoms with Crippen molar-refractivity contribution in [3.63, 3.8) is 0 Å². The first-order chi connectivity index (χ1) is 15.3. The largest absolute Gasteiger partial charge is 0.325 e. The first-order valence-corrected chi connectivity index (χ1v) is 10.8. The van der Waals surface area contributed by atoms with Crippen LogP contribution in [0.15, 0.2) is 60.7 Å². The molecule has 1 fully saturated rings. The molecule has 6 nitrogen and oxygen atoms in total. The SMILES string of the molecule is CC[C@]1(c2ccccc2)NC(=O)N(CC(=O)c2cc(C)n(-c3ccc(Cl)cc3)c2C)C1=O. The maximum atomic E-state index is 13.3. The number of Topliss-reactive ketones (excluding diaryl/α,β-unsaturated/α-hetero) is 1. The summed E-state index contributed by atoms with van der Waals surface area (Å²) in [6, 6.07) is 17.7. The summed E-state index contributed by atoms with van der Waals surface area (Å²) in [6.45, 7) is 5.28. The van der Waals surface area contributed by atoms with Crippen LogP contribution in [0.25, 0.3) is 5.69 Å². The van der Waals surface area contributed by atoms with Crippen LogP contribution in [0.1, 0.15) is 40.7 Å². The number of hydrogen-bond donors (Lipinski definition) is 1. The van der Waals surface area contributed by atoms with E-state index in [1.807, 2.05) is 67.8 Å². The van der Waals surface area contributed by atoms with Crippen molar-refractivity contribution in [2.75, 3.05) is 6.54 Å². The number of halogens is 1. The van der Waals surface area contributed by atoms with Crippen molar-refractivity contribution in [3.05, 3.63) is 88.2 Å². The monoisotopic (exact) mass is 449 g/mol. The number of urea groups is 1. The fraction of sp³-hybridized carbons (Fsp3) is 0.240. The molecule has 0 aliphatic carbocycles. The quantitative estimate of drug-likeness (QED) is 0.434. The van der Waals surface area contributed by atoms with Crippen LogP contribution in [0.5, 0.6) is 0 Å². The number of carbonyl (C=O) groups is 3. The van der Waals surface area contributed by atoms with Gasteiger partial charge in [0.1, 0.15) is 5.54 Å². The zero-order valence-corrected chi connectivity index (χ0v) is 18.9. The average molecular weight is 450 g/mol. The van der Waals surface area contributed by atoms with E-state index in [9.17, 15) is 14.4 Å². The van der Waals surface area contributed by atoms with Crippen LogP contribution in [-0.4, -0.2) is 33.7 Å². The van der Waals surface area contributed by atoms with Gasteiger partial charge in [0.15, 0.2) is 5.78 Å². The standard InChI is InChI=1S/C25H24ClN3O3/c1-4-25(18-8-6-5-7-9-18)23(31)28(24(32)27-25)15-22(30)21-14-16(2)29(17(21)3)20-12-10-19(26)11-13-20/h5-14H,4,15H2,1-3H3,(H,27,32)/t25-/m1/s1. The number of benzene rings is 2. The van der Waals surface area contributed by atoms with Crippen molar-refractivity contribution in [1.82, 2.24) is 14.8 Å². The number of imide groups is 1. The van der Waals surface area contributed by atoms with E-state index in [0.29, 0.717) is 22.6 Å². The van der Waals surface area contributed by atoms with Crippen molar-refractivity contribution in [3.8, 4) is 5.69 Å². The van der Waals surface area contributed by atoms with Crippen LogP contribution in [0.3, 0.4) is 0 Å². The molecule has 1 N–H and O–H groups in total. The van der Waals surface area contributed by atoms with Gasteiger partial charge in [0.2, 0.25) is 0 Å². The molecule has 2 aromatic carbocycles. The van der Waals surface area contributed by atoms with Crippen LogP contribution in [-0.2, 0) is 10.3 Å². The summed E-state index contributed by atoms with van der Waals surface area (Å²) in [7, 11) is 0. The van der Waals surface area contributed by atoms with Gasteiger partial charge < -0.3 is 9.88 Å². The van der Waals surface area contributed by atoms with E-state index in [1.165, 1.54) is 0 Å². The highest BCUT2D eigenvalue weighted by atomic mass is 35.5. The second kappa shape index (κ2) is 8.28. The number of amides is 3. The predicted octanol–water partition coefficient (Wildman–Crippen LogP) is 4.79. The Hall–Kier alpha value is -3.38. The van der Waals surface area contributed by atoms with Gasteiger partial charge in [-0.1, -0.05) is 48.9 Å². The maximum Gasteiger partial charge on any atom is 0.325 e. The first kappa shape index (κ1) is 21.8. The Kier molecular flexibility index (Phi) is 5.65. The second-order valence-electron chi connectivity index (χ2n) is 7.97. The number of carbonyl (C=O) groups excluding carboxylic acids is 3. The Morgan fingerprint density at radius 2 is 1.69 bits per heavy atom. The summed E-state index contributed by atoms with van der Waals surface area (Å²) in [4.78, 5) is 40.3. The Labute approximate surface area is 191 Å². The van der Waals surface area contributed by atoms with Gasteiger partial charge in [-0.05, 0) is 56.2 Å². The molecule has 0 radical (unpaired) electrons. The number of hydrogen-bond acceptors (Lipinski definition) is 3. The molecule has 3 aromatic rings. The van der Waals surface area contributed by atoms with Gasteiger partial charge >= 0.3 is 6.03 Å². The molecule has 2 heterocycles. The average Bonchev–Trinajstić information content (AvgIpc) is 3.23. The van der Waals surface area contributed by atoms with Crippen molar-refractivity contribution in [2.24, 2.45) is 0 Å². The van der Waals surface area contributed by atoms with E-state index in [1.54, 1.807) is 18.2 Å². The third-order valence-corrected chi connectivity index (χ3v) is 6.34. The van der Waals surface area contributed by atoms with E-state index >= 15 is 0 Å². The lowest BCUT2D eigenvalue weighted by Gasteiger charge is -2.25. The van der Waals surface area contributed by atoms with Gasteiger partial charge in [0.25, 0.3) is 5.91 Å². The minimum Gasteiger partial charge on any atom is -0.319 e. The van der Waals surface area contributed by atoms with Crippen molar-refractivity contribution >= 4 is 29.3 Å². The zero-order valence-electron chi connectivity index (χ0n) is 18.2. The summed E-state index contributed by atoms with van der Waals surface area (Å²) >= 11 is 6.00. The molecule has 1 aliphatic rings. The van der Waals surface area contributed by atoms with E-state index in [0.717, 1.165) is 22.0 Å². The van der Waals surface area contributed by atoms with Gasteiger partial charge in [-0.15, -0.1) is 0 Å². The highest BCUT2D eigenvalue weighted by Gasteiger charge is 2.51. The smallest absolute Gasteiger partial charge is 0.319 e. The summed E-state index contributed by atoms with van der Waals surface area (Å²) in [6.07, 6.45) is 0.386. The fourth-order valence-corrected chi connectivity index (χ4v) is 4.52. The van der Waals surface area contributed by atoms with Gasteiger partial charge in [-0.2, -0.15) is 0 Å². The lowest BCUT2D eigenvalue weighted by atomic mass is 9.87. The number of rotatable bonds is 6. The van der Waals surface area contributed by atoms with Gasteiger partial charge in [-0.25, -0.2) is 4.79 Å². The topological polar surface area (TPSA) is 71.4 Å². The van der Waals surface area contributed by atoms with E-state index in [2.05, 4.69) is 5.32 Å². The zero-order chi connectivity index (χ0) is 23.0. The molecule has 4 rings (SSSR count). The van der Waals surface area contributed by atoms with Crippen LogP contribution in [0, 0.1) is 13.8 Å². The van der Waals surface area contributed by atoms with Crippen LogP contribution >= 0.6 is 11.6 Å². The van der Waals surface area contributed by atoms with Crippen molar-refractivity contribution < 1.29 is 14.4 Å². The number of ketones is 1. The van der Waals surface area contributed by atoms with Crippen LogP contribution in [0.2, 0.25) is 5.02 Å². The van der Waals surface area contributed by atoms with Gasteiger partial charge in [0.05, 0.1) is 6.54 Å². The van der Waals surface area contributed by atoms with E-state index in [-0.39, 0.29) is 12.3 Å². The number of nitrogens with zero attached hydrogens (tertiary/aromatic N) is 2. The molecule has 164 valence electrons. The molecule has 0 bridgehead atoms. The molecule has 0 unspecified atom stereocenters. The number of nitrogens with one attached hydrogen (secondary N) is 1.